The lowest BCUT2D eigenvalue weighted by atomic mass is 10.3. The zero-order valence-electron chi connectivity index (χ0n) is 10.1. The van der Waals surface area contributed by atoms with E-state index in [0.717, 1.165) is 13.0 Å². The molecule has 1 unspecified atom stereocenters. The number of β-amino-alcohol motifs (C(OH)–C–C–N with tert-alkyl or cyclic N) is 1. The number of amides is 1. The monoisotopic (exact) mass is 252 g/mol. The molecule has 1 aliphatic rings. The molecule has 98 valence electrons. The molecule has 0 radical (unpaired) electrons. The Labute approximate surface area is 105 Å². The van der Waals surface area contributed by atoms with Crippen LogP contribution in [0.4, 0.5) is 10.1 Å². The second kappa shape index (κ2) is 5.93. The molecule has 18 heavy (non-hydrogen) atoms. The first kappa shape index (κ1) is 13.0. The molecule has 4 nitrogen and oxygen atoms in total. The largest absolute Gasteiger partial charge is 0.392 e. The van der Waals surface area contributed by atoms with Crippen LogP contribution in [0.1, 0.15) is 12.8 Å². The van der Waals surface area contributed by atoms with Gasteiger partial charge in [-0.05, 0) is 30.7 Å². The fraction of sp³-hybridized carbons (Fsp3) is 0.462. The van der Waals surface area contributed by atoms with Crippen LogP contribution in [0.25, 0.3) is 0 Å². The maximum Gasteiger partial charge on any atom is 0.225 e. The molecule has 1 fully saturated rings. The van der Waals surface area contributed by atoms with Crippen LogP contribution >= 0.6 is 0 Å². The van der Waals surface area contributed by atoms with Crippen molar-refractivity contribution in [2.75, 3.05) is 25.0 Å². The van der Waals surface area contributed by atoms with Crippen molar-refractivity contribution in [1.82, 2.24) is 4.90 Å². The number of nitrogens with zero attached hydrogens (tertiary/aromatic N) is 1. The van der Waals surface area contributed by atoms with Gasteiger partial charge in [0.05, 0.1) is 6.10 Å². The standard InChI is InChI=1S/C13H17FN2O2/c14-10-1-3-11(4-2-10)15-13(18)6-8-16-7-5-12(17)9-16/h1-4,12,17H,5-9H2,(H,15,18). The Kier molecular flexibility index (Phi) is 4.28. The Morgan fingerprint density at radius 1 is 1.44 bits per heavy atom. The fourth-order valence-electron chi connectivity index (χ4n) is 2.03. The van der Waals surface area contributed by atoms with Crippen molar-refractivity contribution in [3.63, 3.8) is 0 Å². The Balaban J connectivity index is 1.73. The summed E-state index contributed by atoms with van der Waals surface area (Å²) in [5, 5.41) is 12.1. The predicted molar refractivity (Wildman–Crippen MR) is 66.7 cm³/mol. The lowest BCUT2D eigenvalue weighted by Gasteiger charge is -2.14. The van der Waals surface area contributed by atoms with Crippen molar-refractivity contribution >= 4 is 11.6 Å². The van der Waals surface area contributed by atoms with Gasteiger partial charge in [0.15, 0.2) is 0 Å². The van der Waals surface area contributed by atoms with Crippen LogP contribution < -0.4 is 5.32 Å². The number of rotatable bonds is 4. The van der Waals surface area contributed by atoms with Gasteiger partial charge in [0.2, 0.25) is 5.91 Å². The van der Waals surface area contributed by atoms with Crippen molar-refractivity contribution in [2.45, 2.75) is 18.9 Å². The smallest absolute Gasteiger partial charge is 0.225 e. The average Bonchev–Trinajstić information content (AvgIpc) is 2.76. The minimum absolute atomic E-state index is 0.0944. The fourth-order valence-corrected chi connectivity index (χ4v) is 2.03. The minimum Gasteiger partial charge on any atom is -0.392 e. The number of hydrogen-bond donors (Lipinski definition) is 2. The number of carbonyl (C=O) groups excluding carboxylic acids is 1. The second-order valence-corrected chi connectivity index (χ2v) is 4.55. The summed E-state index contributed by atoms with van der Waals surface area (Å²) >= 11 is 0. The molecule has 5 heteroatoms. The van der Waals surface area contributed by atoms with Crippen LogP contribution in [0.15, 0.2) is 24.3 Å². The Morgan fingerprint density at radius 3 is 2.78 bits per heavy atom. The van der Waals surface area contributed by atoms with E-state index in [1.807, 2.05) is 0 Å². The van der Waals surface area contributed by atoms with Crippen molar-refractivity contribution in [1.29, 1.82) is 0 Å². The molecule has 2 rings (SSSR count). The molecule has 2 N–H and O–H groups in total. The quantitative estimate of drug-likeness (QED) is 0.847. The number of nitrogens with one attached hydrogen (secondary N) is 1. The Bertz CT molecular complexity index is 408. The van der Waals surface area contributed by atoms with Crippen molar-refractivity contribution < 1.29 is 14.3 Å². The van der Waals surface area contributed by atoms with Crippen LogP contribution in [-0.4, -0.2) is 41.7 Å². The van der Waals surface area contributed by atoms with Crippen LogP contribution in [0, 0.1) is 5.82 Å². The second-order valence-electron chi connectivity index (χ2n) is 4.55. The number of carbonyl (C=O) groups is 1. The SMILES string of the molecule is O=C(CCN1CCC(O)C1)Nc1ccc(F)cc1. The number of aliphatic hydroxyl groups excluding tert-OH is 1. The van der Waals surface area contributed by atoms with E-state index in [4.69, 9.17) is 0 Å². The molecule has 1 atom stereocenters. The topological polar surface area (TPSA) is 52.6 Å². The summed E-state index contributed by atoms with van der Waals surface area (Å²) in [5.41, 5.74) is 0.600. The van der Waals surface area contributed by atoms with Crippen LogP contribution in [0.5, 0.6) is 0 Å². The van der Waals surface area contributed by atoms with Crippen molar-refractivity contribution in [3.8, 4) is 0 Å². The van der Waals surface area contributed by atoms with Gasteiger partial charge in [0.25, 0.3) is 0 Å². The molecule has 0 bridgehead atoms. The molecule has 1 aromatic rings. The first-order valence-electron chi connectivity index (χ1n) is 6.09. The molecule has 1 aliphatic heterocycles. The number of hydrogen-bond acceptors (Lipinski definition) is 3. The van der Waals surface area contributed by atoms with Gasteiger partial charge >= 0.3 is 0 Å². The Hall–Kier alpha value is -1.46. The highest BCUT2D eigenvalue weighted by Gasteiger charge is 2.20. The van der Waals surface area contributed by atoms with E-state index in [-0.39, 0.29) is 17.8 Å². The van der Waals surface area contributed by atoms with E-state index in [1.165, 1.54) is 24.3 Å². The van der Waals surface area contributed by atoms with Crippen molar-refractivity contribution in [2.24, 2.45) is 0 Å². The van der Waals surface area contributed by atoms with E-state index in [2.05, 4.69) is 10.2 Å². The third kappa shape index (κ3) is 3.78. The van der Waals surface area contributed by atoms with E-state index in [0.29, 0.717) is 25.2 Å². The zero-order valence-corrected chi connectivity index (χ0v) is 10.1. The number of aliphatic hydroxyl groups is 1. The Morgan fingerprint density at radius 2 is 2.17 bits per heavy atom. The van der Waals surface area contributed by atoms with Crippen molar-refractivity contribution in [3.05, 3.63) is 30.1 Å². The highest BCUT2D eigenvalue weighted by atomic mass is 19.1. The van der Waals surface area contributed by atoms with Gasteiger partial charge in [0.1, 0.15) is 5.82 Å². The van der Waals surface area contributed by atoms with E-state index < -0.39 is 0 Å². The van der Waals surface area contributed by atoms with Gasteiger partial charge in [-0.2, -0.15) is 0 Å². The molecule has 1 saturated heterocycles. The summed E-state index contributed by atoms with van der Waals surface area (Å²) in [7, 11) is 0. The van der Waals surface area contributed by atoms with Gasteiger partial charge in [0, 0.05) is 31.7 Å². The number of benzene rings is 1. The summed E-state index contributed by atoms with van der Waals surface area (Å²) in [5.74, 6) is -0.415. The molecule has 1 amide bonds. The third-order valence-electron chi connectivity index (χ3n) is 3.03. The molecular formula is C13H17FN2O2. The summed E-state index contributed by atoms with van der Waals surface area (Å²) in [6, 6.07) is 5.69. The van der Waals surface area contributed by atoms with Gasteiger partial charge in [-0.15, -0.1) is 0 Å². The molecule has 0 aliphatic carbocycles. The van der Waals surface area contributed by atoms with Crippen LogP contribution in [0.3, 0.4) is 0 Å². The molecule has 0 spiro atoms. The van der Waals surface area contributed by atoms with Gasteiger partial charge < -0.3 is 15.3 Å². The number of likely N-dealkylation sites (tertiary alicyclic amines) is 1. The minimum atomic E-state index is -0.320. The molecule has 0 saturated carbocycles. The number of anilines is 1. The maximum absolute atomic E-state index is 12.7. The number of halogens is 1. The summed E-state index contributed by atoms with van der Waals surface area (Å²) in [6.45, 7) is 2.12. The lowest BCUT2D eigenvalue weighted by Crippen LogP contribution is -2.26. The van der Waals surface area contributed by atoms with Crippen LogP contribution in [-0.2, 0) is 4.79 Å². The first-order valence-corrected chi connectivity index (χ1v) is 6.09. The third-order valence-corrected chi connectivity index (χ3v) is 3.03. The molecule has 1 heterocycles. The van der Waals surface area contributed by atoms with Crippen LogP contribution in [0.2, 0.25) is 0 Å². The molecule has 1 aromatic carbocycles. The lowest BCUT2D eigenvalue weighted by molar-refractivity contribution is -0.116. The molecule has 0 aromatic heterocycles. The van der Waals surface area contributed by atoms with Gasteiger partial charge in [-0.25, -0.2) is 4.39 Å². The van der Waals surface area contributed by atoms with Gasteiger partial charge in [-0.3, -0.25) is 4.79 Å². The maximum atomic E-state index is 12.7. The highest BCUT2D eigenvalue weighted by Crippen LogP contribution is 2.11. The highest BCUT2D eigenvalue weighted by molar-refractivity contribution is 5.90. The summed E-state index contributed by atoms with van der Waals surface area (Å²) in [6.07, 6.45) is 0.897. The normalized spacial score (nSPS) is 20.0. The van der Waals surface area contributed by atoms with Gasteiger partial charge in [-0.1, -0.05) is 0 Å². The van der Waals surface area contributed by atoms with E-state index in [9.17, 15) is 14.3 Å². The van der Waals surface area contributed by atoms with E-state index >= 15 is 0 Å². The summed E-state index contributed by atoms with van der Waals surface area (Å²) in [4.78, 5) is 13.7. The molecular weight excluding hydrogens is 235 g/mol. The van der Waals surface area contributed by atoms with E-state index in [1.54, 1.807) is 0 Å². The zero-order chi connectivity index (χ0) is 13.0. The average molecular weight is 252 g/mol. The predicted octanol–water partition coefficient (Wildman–Crippen LogP) is 1.22. The summed E-state index contributed by atoms with van der Waals surface area (Å²) < 4.78 is 12.7. The first-order chi connectivity index (χ1) is 8.63.